The van der Waals surface area contributed by atoms with Crippen molar-refractivity contribution < 1.29 is 13.2 Å². The van der Waals surface area contributed by atoms with E-state index < -0.39 is 10.0 Å². The van der Waals surface area contributed by atoms with Gasteiger partial charge in [0.2, 0.25) is 15.9 Å². The Labute approximate surface area is 161 Å². The molecule has 1 heterocycles. The average molecular weight is 399 g/mol. The summed E-state index contributed by atoms with van der Waals surface area (Å²) in [4.78, 5) is 12.6. The SMILES string of the molecule is O=C(NCC1CN(S(=O)(=O)c2cccc(Cl)c2)C1)C1CCCCCCC1. The number of nitrogens with one attached hydrogen (secondary N) is 1. The van der Waals surface area contributed by atoms with Gasteiger partial charge in [0.05, 0.1) is 4.90 Å². The molecule has 2 aliphatic rings. The predicted molar refractivity (Wildman–Crippen MR) is 103 cm³/mol. The number of benzene rings is 1. The summed E-state index contributed by atoms with van der Waals surface area (Å²) in [5, 5.41) is 3.45. The molecule has 1 N–H and O–H groups in total. The molecule has 1 aromatic rings. The lowest BCUT2D eigenvalue weighted by Crippen LogP contribution is -2.54. The van der Waals surface area contributed by atoms with E-state index in [0.29, 0.717) is 24.7 Å². The highest BCUT2D eigenvalue weighted by Crippen LogP contribution is 2.27. The van der Waals surface area contributed by atoms with Gasteiger partial charge in [-0.2, -0.15) is 4.31 Å². The van der Waals surface area contributed by atoms with Gasteiger partial charge < -0.3 is 5.32 Å². The molecule has 2 fully saturated rings. The lowest BCUT2D eigenvalue weighted by atomic mass is 9.90. The number of carbonyl (C=O) groups is 1. The number of hydrogen-bond donors (Lipinski definition) is 1. The summed E-state index contributed by atoms with van der Waals surface area (Å²) in [6.45, 7) is 1.44. The van der Waals surface area contributed by atoms with Crippen molar-refractivity contribution in [2.75, 3.05) is 19.6 Å². The molecular weight excluding hydrogens is 372 g/mol. The number of halogens is 1. The molecule has 0 aromatic heterocycles. The van der Waals surface area contributed by atoms with E-state index >= 15 is 0 Å². The van der Waals surface area contributed by atoms with Gasteiger partial charge in [-0.25, -0.2) is 8.42 Å². The molecule has 0 radical (unpaired) electrons. The van der Waals surface area contributed by atoms with Crippen molar-refractivity contribution in [3.8, 4) is 0 Å². The maximum Gasteiger partial charge on any atom is 0.243 e. The van der Waals surface area contributed by atoms with Crippen LogP contribution in [0.5, 0.6) is 0 Å². The highest BCUT2D eigenvalue weighted by Gasteiger charge is 2.37. The van der Waals surface area contributed by atoms with Crippen LogP contribution in [0.1, 0.15) is 44.9 Å². The number of hydrogen-bond acceptors (Lipinski definition) is 3. The first-order chi connectivity index (χ1) is 12.5. The van der Waals surface area contributed by atoms with Crippen molar-refractivity contribution in [3.63, 3.8) is 0 Å². The van der Waals surface area contributed by atoms with E-state index in [-0.39, 0.29) is 22.6 Å². The predicted octanol–water partition coefficient (Wildman–Crippen LogP) is 3.44. The first-order valence-corrected chi connectivity index (χ1v) is 11.3. The normalized spacial score (nSPS) is 20.8. The molecule has 1 amide bonds. The Morgan fingerprint density at radius 1 is 1.12 bits per heavy atom. The van der Waals surface area contributed by atoms with Gasteiger partial charge in [-0.3, -0.25) is 4.79 Å². The summed E-state index contributed by atoms with van der Waals surface area (Å²) >= 11 is 5.90. The molecule has 26 heavy (non-hydrogen) atoms. The fourth-order valence-corrected chi connectivity index (χ4v) is 5.63. The third kappa shape index (κ3) is 4.78. The maximum absolute atomic E-state index is 12.5. The van der Waals surface area contributed by atoms with E-state index in [1.54, 1.807) is 18.2 Å². The Morgan fingerprint density at radius 3 is 2.42 bits per heavy atom. The zero-order valence-electron chi connectivity index (χ0n) is 15.0. The van der Waals surface area contributed by atoms with Crippen LogP contribution in [0.25, 0.3) is 0 Å². The third-order valence-electron chi connectivity index (χ3n) is 5.40. The van der Waals surface area contributed by atoms with Crippen molar-refractivity contribution in [1.82, 2.24) is 9.62 Å². The van der Waals surface area contributed by atoms with Crippen LogP contribution in [0.4, 0.5) is 0 Å². The quantitative estimate of drug-likeness (QED) is 0.826. The highest BCUT2D eigenvalue weighted by atomic mass is 35.5. The van der Waals surface area contributed by atoms with Gasteiger partial charge in [0, 0.05) is 36.5 Å². The molecule has 0 bridgehead atoms. The number of amides is 1. The molecule has 1 aromatic carbocycles. The Morgan fingerprint density at radius 2 is 1.77 bits per heavy atom. The van der Waals surface area contributed by atoms with E-state index in [9.17, 15) is 13.2 Å². The molecule has 3 rings (SSSR count). The van der Waals surface area contributed by atoms with Crippen LogP contribution in [-0.4, -0.2) is 38.3 Å². The molecule has 0 unspecified atom stereocenters. The van der Waals surface area contributed by atoms with Crippen LogP contribution in [0.15, 0.2) is 29.2 Å². The Bertz CT molecular complexity index is 724. The van der Waals surface area contributed by atoms with Crippen LogP contribution >= 0.6 is 11.6 Å². The molecule has 1 saturated heterocycles. The maximum atomic E-state index is 12.5. The monoisotopic (exact) mass is 398 g/mol. The summed E-state index contributed by atoms with van der Waals surface area (Å²) in [6, 6.07) is 6.33. The van der Waals surface area contributed by atoms with Crippen molar-refractivity contribution in [1.29, 1.82) is 0 Å². The molecule has 144 valence electrons. The summed E-state index contributed by atoms with van der Waals surface area (Å²) in [5.74, 6) is 0.450. The lowest BCUT2D eigenvalue weighted by Gasteiger charge is -2.38. The van der Waals surface area contributed by atoms with Gasteiger partial charge in [0.15, 0.2) is 0 Å². The second kappa shape index (κ2) is 8.72. The zero-order valence-corrected chi connectivity index (χ0v) is 16.6. The minimum absolute atomic E-state index is 0.127. The summed E-state index contributed by atoms with van der Waals surface area (Å²) in [5.41, 5.74) is 0. The first-order valence-electron chi connectivity index (χ1n) is 9.50. The van der Waals surface area contributed by atoms with Gasteiger partial charge in [0.1, 0.15) is 0 Å². The van der Waals surface area contributed by atoms with Gasteiger partial charge >= 0.3 is 0 Å². The number of carbonyl (C=O) groups excluding carboxylic acids is 1. The standard InChI is InChI=1S/C19H27ClN2O3S/c20-17-9-6-10-18(11-17)26(24,25)22-13-15(14-22)12-21-19(23)16-7-4-2-1-3-5-8-16/h6,9-11,15-16H,1-5,7-8,12-14H2,(H,21,23). The highest BCUT2D eigenvalue weighted by molar-refractivity contribution is 7.89. The molecule has 5 nitrogen and oxygen atoms in total. The first kappa shape index (κ1) is 19.6. The topological polar surface area (TPSA) is 66.5 Å². The van der Waals surface area contributed by atoms with E-state index in [1.807, 2.05) is 0 Å². The average Bonchev–Trinajstić information content (AvgIpc) is 2.52. The van der Waals surface area contributed by atoms with E-state index in [1.165, 1.54) is 29.6 Å². The van der Waals surface area contributed by atoms with Gasteiger partial charge in [-0.05, 0) is 31.0 Å². The number of sulfonamides is 1. The minimum Gasteiger partial charge on any atom is -0.355 e. The molecule has 7 heteroatoms. The van der Waals surface area contributed by atoms with Gasteiger partial charge in [0.25, 0.3) is 0 Å². The Hall–Kier alpha value is -1.11. The lowest BCUT2D eigenvalue weighted by molar-refractivity contribution is -0.126. The second-order valence-corrected chi connectivity index (χ2v) is 9.81. The van der Waals surface area contributed by atoms with E-state index in [0.717, 1.165) is 25.7 Å². The zero-order chi connectivity index (χ0) is 18.6. The van der Waals surface area contributed by atoms with Gasteiger partial charge in [-0.1, -0.05) is 49.8 Å². The van der Waals surface area contributed by atoms with Crippen LogP contribution < -0.4 is 5.32 Å². The van der Waals surface area contributed by atoms with Crippen molar-refractivity contribution >= 4 is 27.5 Å². The fraction of sp³-hybridized carbons (Fsp3) is 0.632. The molecule has 0 atom stereocenters. The number of nitrogens with zero attached hydrogens (tertiary/aromatic N) is 1. The summed E-state index contributed by atoms with van der Waals surface area (Å²) in [7, 11) is -3.49. The van der Waals surface area contributed by atoms with Crippen LogP contribution in [-0.2, 0) is 14.8 Å². The third-order valence-corrected chi connectivity index (χ3v) is 7.46. The van der Waals surface area contributed by atoms with E-state index in [4.69, 9.17) is 11.6 Å². The van der Waals surface area contributed by atoms with Crippen molar-refractivity contribution in [2.24, 2.45) is 11.8 Å². The second-order valence-electron chi connectivity index (χ2n) is 7.43. The molecule has 1 aliphatic heterocycles. The van der Waals surface area contributed by atoms with Crippen molar-refractivity contribution in [2.45, 2.75) is 49.8 Å². The molecule has 1 aliphatic carbocycles. The van der Waals surface area contributed by atoms with Crippen LogP contribution in [0.2, 0.25) is 5.02 Å². The fourth-order valence-electron chi connectivity index (χ4n) is 3.73. The van der Waals surface area contributed by atoms with Crippen molar-refractivity contribution in [3.05, 3.63) is 29.3 Å². The molecule has 1 saturated carbocycles. The minimum atomic E-state index is -3.49. The molecular formula is C19H27ClN2O3S. The smallest absolute Gasteiger partial charge is 0.243 e. The van der Waals surface area contributed by atoms with E-state index in [2.05, 4.69) is 5.32 Å². The largest absolute Gasteiger partial charge is 0.355 e. The molecule has 0 spiro atoms. The van der Waals surface area contributed by atoms with Crippen LogP contribution in [0, 0.1) is 11.8 Å². The Balaban J connectivity index is 1.45. The Kier molecular flexibility index (Phi) is 6.59. The summed E-state index contributed by atoms with van der Waals surface area (Å²) < 4.78 is 26.5. The van der Waals surface area contributed by atoms with Gasteiger partial charge in [-0.15, -0.1) is 0 Å². The van der Waals surface area contributed by atoms with Crippen LogP contribution in [0.3, 0.4) is 0 Å². The summed E-state index contributed by atoms with van der Waals surface area (Å²) in [6.07, 6.45) is 7.96. The number of rotatable bonds is 5.